The van der Waals surface area contributed by atoms with E-state index in [2.05, 4.69) is 35.6 Å². The summed E-state index contributed by atoms with van der Waals surface area (Å²) in [5.41, 5.74) is 1.53. The zero-order valence-electron chi connectivity index (χ0n) is 20.1. The number of nitrogens with one attached hydrogen (secondary N) is 2. The molecule has 2 saturated heterocycles. The van der Waals surface area contributed by atoms with Gasteiger partial charge in [-0.25, -0.2) is 9.78 Å². The summed E-state index contributed by atoms with van der Waals surface area (Å²) in [5.74, 6) is 0.884. The normalized spacial score (nSPS) is 16.9. The third-order valence-electron chi connectivity index (χ3n) is 6.16. The Labute approximate surface area is 221 Å². The molecule has 0 radical (unpaired) electrons. The average Bonchev–Trinajstić information content (AvgIpc) is 3.52. The van der Waals surface area contributed by atoms with Crippen molar-refractivity contribution in [2.45, 2.75) is 10.1 Å². The summed E-state index contributed by atoms with van der Waals surface area (Å²) < 4.78 is 13.6. The molecule has 14 heteroatoms. The van der Waals surface area contributed by atoms with Crippen molar-refractivity contribution in [1.82, 2.24) is 35.0 Å². The second-order valence-electron chi connectivity index (χ2n) is 8.63. The zero-order chi connectivity index (χ0) is 25.0. The molecule has 2 N–H and O–H groups in total. The predicted octanol–water partition coefficient (Wildman–Crippen LogP) is 2.18. The highest BCUT2D eigenvalue weighted by Gasteiger charge is 2.16. The van der Waals surface area contributed by atoms with Crippen LogP contribution in [0.1, 0.15) is 0 Å². The van der Waals surface area contributed by atoms with Crippen LogP contribution < -0.4 is 15.5 Å². The molecule has 2 fully saturated rings. The maximum Gasteiger partial charge on any atom is 0.321 e. The fourth-order valence-corrected chi connectivity index (χ4v) is 6.01. The molecule has 2 aliphatic rings. The first-order chi connectivity index (χ1) is 18.2. The molecule has 3 aromatic heterocycles. The number of carbonyl (C=O) groups is 1. The molecule has 0 atom stereocenters. The van der Waals surface area contributed by atoms with Crippen LogP contribution in [0.3, 0.4) is 0 Å². The minimum Gasteiger partial charge on any atom is -0.379 e. The van der Waals surface area contributed by atoms with Gasteiger partial charge >= 0.3 is 6.03 Å². The number of benzene rings is 1. The van der Waals surface area contributed by atoms with E-state index in [0.29, 0.717) is 35.7 Å². The average molecular weight is 542 g/mol. The Hall–Kier alpha value is -3.04. The first kappa shape index (κ1) is 24.3. The van der Waals surface area contributed by atoms with E-state index in [-0.39, 0.29) is 6.03 Å². The Morgan fingerprint density at radius 3 is 2.68 bits per heavy atom. The topological polar surface area (TPSA) is 122 Å². The van der Waals surface area contributed by atoms with E-state index in [0.717, 1.165) is 66.9 Å². The first-order valence-corrected chi connectivity index (χ1v) is 13.8. The van der Waals surface area contributed by atoms with Crippen molar-refractivity contribution < 1.29 is 14.3 Å². The Morgan fingerprint density at radius 2 is 1.84 bits per heavy atom. The van der Waals surface area contributed by atoms with Gasteiger partial charge in [0.05, 0.1) is 36.6 Å². The van der Waals surface area contributed by atoms with Crippen LogP contribution in [0.2, 0.25) is 0 Å². The Kier molecular flexibility index (Phi) is 7.32. The fourth-order valence-electron chi connectivity index (χ4n) is 4.21. The van der Waals surface area contributed by atoms with Crippen LogP contribution >= 0.6 is 23.1 Å². The second-order valence-corrected chi connectivity index (χ2v) is 10.7. The third kappa shape index (κ3) is 5.78. The maximum atomic E-state index is 12.3. The van der Waals surface area contributed by atoms with E-state index < -0.39 is 0 Å². The Morgan fingerprint density at radius 1 is 1.03 bits per heavy atom. The van der Waals surface area contributed by atoms with Gasteiger partial charge in [0.15, 0.2) is 10.8 Å². The Bertz CT molecular complexity index is 1380. The van der Waals surface area contributed by atoms with Gasteiger partial charge in [0.2, 0.25) is 5.16 Å². The number of ether oxygens (including phenoxy) is 2. The standard InChI is InChI=1S/C23H27N9O3S2/c33-21(24-5-6-30-7-11-34-12-8-30)26-22-25-17-2-1-16(15-18(17)37-22)36-23-28-27-19-3-4-20(29-32(19)23)31-9-13-35-14-10-31/h1-4,15H,5-14H2,(H2,24,25,26,33). The minimum absolute atomic E-state index is 0.251. The molecule has 2 aliphatic heterocycles. The van der Waals surface area contributed by atoms with Crippen LogP contribution in [-0.2, 0) is 9.47 Å². The quantitative estimate of drug-likeness (QED) is 0.360. The fraction of sp³-hybridized carbons (Fsp3) is 0.435. The van der Waals surface area contributed by atoms with Gasteiger partial charge in [0.25, 0.3) is 0 Å². The van der Waals surface area contributed by atoms with Gasteiger partial charge in [0, 0.05) is 44.2 Å². The molecule has 6 rings (SSSR count). The van der Waals surface area contributed by atoms with Crippen molar-refractivity contribution in [3.63, 3.8) is 0 Å². The lowest BCUT2D eigenvalue weighted by atomic mass is 10.3. The monoisotopic (exact) mass is 541 g/mol. The number of carbonyl (C=O) groups excluding carboxylic acids is 1. The van der Waals surface area contributed by atoms with E-state index in [1.54, 1.807) is 4.52 Å². The number of thiazole rings is 1. The lowest BCUT2D eigenvalue weighted by molar-refractivity contribution is 0.0388. The lowest BCUT2D eigenvalue weighted by Gasteiger charge is -2.27. The van der Waals surface area contributed by atoms with Gasteiger partial charge in [-0.3, -0.25) is 10.2 Å². The van der Waals surface area contributed by atoms with E-state index in [1.165, 1.54) is 23.1 Å². The highest BCUT2D eigenvalue weighted by Crippen LogP contribution is 2.33. The van der Waals surface area contributed by atoms with Crippen molar-refractivity contribution in [2.24, 2.45) is 0 Å². The smallest absolute Gasteiger partial charge is 0.321 e. The van der Waals surface area contributed by atoms with Crippen LogP contribution in [0.4, 0.5) is 15.7 Å². The van der Waals surface area contributed by atoms with Crippen molar-refractivity contribution in [1.29, 1.82) is 0 Å². The van der Waals surface area contributed by atoms with E-state index in [1.807, 2.05) is 30.3 Å². The molecular formula is C23H27N9O3S2. The van der Waals surface area contributed by atoms with E-state index in [4.69, 9.17) is 14.6 Å². The summed E-state index contributed by atoms with van der Waals surface area (Å²) in [5, 5.41) is 20.4. The SMILES string of the molecule is O=C(NCCN1CCOCC1)Nc1nc2ccc(Sc3nnc4ccc(N5CCOCC5)nn34)cc2s1. The summed E-state index contributed by atoms with van der Waals surface area (Å²) in [4.78, 5) is 22.4. The molecule has 12 nitrogen and oxygen atoms in total. The van der Waals surface area contributed by atoms with Gasteiger partial charge in [0.1, 0.15) is 5.82 Å². The van der Waals surface area contributed by atoms with Crippen molar-refractivity contribution >= 4 is 55.9 Å². The maximum absolute atomic E-state index is 12.3. The number of rotatable bonds is 7. The molecule has 0 aliphatic carbocycles. The number of hydrogen-bond donors (Lipinski definition) is 2. The van der Waals surface area contributed by atoms with Crippen LogP contribution in [0, 0.1) is 0 Å². The second kappa shape index (κ2) is 11.1. The van der Waals surface area contributed by atoms with Crippen LogP contribution in [0.25, 0.3) is 15.9 Å². The summed E-state index contributed by atoms with van der Waals surface area (Å²) >= 11 is 2.93. The number of hydrogen-bond acceptors (Lipinski definition) is 11. The largest absolute Gasteiger partial charge is 0.379 e. The Balaban J connectivity index is 1.10. The zero-order valence-corrected chi connectivity index (χ0v) is 21.8. The van der Waals surface area contributed by atoms with Gasteiger partial charge in [-0.1, -0.05) is 11.3 Å². The lowest BCUT2D eigenvalue weighted by Crippen LogP contribution is -2.42. The summed E-state index contributed by atoms with van der Waals surface area (Å²) in [6, 6.07) is 9.65. The summed E-state index contributed by atoms with van der Waals surface area (Å²) in [6.07, 6.45) is 0. The van der Waals surface area contributed by atoms with Gasteiger partial charge in [-0.2, -0.15) is 4.52 Å². The highest BCUT2D eigenvalue weighted by atomic mass is 32.2. The molecule has 0 bridgehead atoms. The van der Waals surface area contributed by atoms with E-state index >= 15 is 0 Å². The molecule has 0 saturated carbocycles. The highest BCUT2D eigenvalue weighted by molar-refractivity contribution is 7.99. The molecule has 1 aromatic carbocycles. The molecule has 0 spiro atoms. The van der Waals surface area contributed by atoms with Gasteiger partial charge in [-0.15, -0.1) is 15.3 Å². The van der Waals surface area contributed by atoms with Crippen molar-refractivity contribution in [3.05, 3.63) is 30.3 Å². The molecule has 194 valence electrons. The van der Waals surface area contributed by atoms with Crippen molar-refractivity contribution in [3.8, 4) is 0 Å². The third-order valence-corrected chi connectivity index (χ3v) is 8.02. The van der Waals surface area contributed by atoms with Crippen molar-refractivity contribution in [2.75, 3.05) is 75.9 Å². The number of fused-ring (bicyclic) bond motifs is 2. The summed E-state index contributed by atoms with van der Waals surface area (Å²) in [6.45, 7) is 7.70. The number of anilines is 2. The summed E-state index contributed by atoms with van der Waals surface area (Å²) in [7, 11) is 0. The minimum atomic E-state index is -0.251. The number of nitrogens with zero attached hydrogens (tertiary/aromatic N) is 7. The molecule has 5 heterocycles. The first-order valence-electron chi connectivity index (χ1n) is 12.2. The van der Waals surface area contributed by atoms with Crippen LogP contribution in [-0.4, -0.2) is 101 Å². The van der Waals surface area contributed by atoms with E-state index in [9.17, 15) is 4.79 Å². The number of urea groups is 1. The van der Waals surface area contributed by atoms with Gasteiger partial charge < -0.3 is 19.7 Å². The van der Waals surface area contributed by atoms with Crippen LogP contribution in [0.5, 0.6) is 0 Å². The molecule has 0 unspecified atom stereocenters. The predicted molar refractivity (Wildman–Crippen MR) is 142 cm³/mol. The van der Waals surface area contributed by atoms with Crippen LogP contribution in [0.15, 0.2) is 40.4 Å². The number of morpholine rings is 2. The molecule has 37 heavy (non-hydrogen) atoms. The number of aromatic nitrogens is 5. The number of amides is 2. The molecular weight excluding hydrogens is 514 g/mol. The molecule has 4 aromatic rings. The van der Waals surface area contributed by atoms with Gasteiger partial charge in [-0.05, 0) is 42.1 Å². The molecule has 2 amide bonds.